The molecule has 0 aliphatic carbocycles. The first-order valence-corrected chi connectivity index (χ1v) is 7.32. The molecule has 0 radical (unpaired) electrons. The first-order valence-electron chi connectivity index (χ1n) is 6.94. The Kier molecular flexibility index (Phi) is 3.64. The van der Waals surface area contributed by atoms with Crippen LogP contribution in [0, 0.1) is 13.8 Å². The van der Waals surface area contributed by atoms with Crippen molar-refractivity contribution in [3.8, 4) is 11.1 Å². The van der Waals surface area contributed by atoms with Crippen LogP contribution in [0.1, 0.15) is 28.0 Å². The molecule has 1 aliphatic rings. The van der Waals surface area contributed by atoms with Crippen molar-refractivity contribution in [1.82, 2.24) is 14.9 Å². The average Bonchev–Trinajstić information content (AvgIpc) is 2.40. The summed E-state index contributed by atoms with van der Waals surface area (Å²) in [6, 6.07) is 3.83. The number of aryl methyl sites for hydroxylation is 2. The number of rotatable bonds is 2. The fourth-order valence-electron chi connectivity index (χ4n) is 2.37. The molecule has 1 amide bonds. The van der Waals surface area contributed by atoms with Gasteiger partial charge in [0.15, 0.2) is 0 Å². The van der Waals surface area contributed by atoms with E-state index in [4.69, 9.17) is 11.6 Å². The predicted molar refractivity (Wildman–Crippen MR) is 82.5 cm³/mol. The number of hydrogen-bond donors (Lipinski definition) is 0. The van der Waals surface area contributed by atoms with E-state index in [0.717, 1.165) is 41.9 Å². The van der Waals surface area contributed by atoms with Crippen LogP contribution in [0.15, 0.2) is 24.5 Å². The summed E-state index contributed by atoms with van der Waals surface area (Å²) >= 11 is 6.10. The molecule has 2 aromatic heterocycles. The third-order valence-corrected chi connectivity index (χ3v) is 4.06. The minimum Gasteiger partial charge on any atom is -0.338 e. The maximum Gasteiger partial charge on any atom is 0.257 e. The number of nitrogens with zero attached hydrogens (tertiary/aromatic N) is 3. The molecular weight excluding hydrogens is 286 g/mol. The van der Waals surface area contributed by atoms with Crippen LogP contribution in [-0.2, 0) is 0 Å². The molecule has 1 fully saturated rings. The molecular formula is C16H16ClN3O. The number of hydrogen-bond acceptors (Lipinski definition) is 3. The molecule has 0 bridgehead atoms. The van der Waals surface area contributed by atoms with E-state index in [1.165, 1.54) is 0 Å². The summed E-state index contributed by atoms with van der Waals surface area (Å²) in [5.41, 5.74) is 4.38. The highest BCUT2D eigenvalue weighted by atomic mass is 35.5. The van der Waals surface area contributed by atoms with Crippen LogP contribution < -0.4 is 0 Å². The molecule has 0 unspecified atom stereocenters. The van der Waals surface area contributed by atoms with Gasteiger partial charge in [-0.2, -0.15) is 0 Å². The van der Waals surface area contributed by atoms with Gasteiger partial charge in [0, 0.05) is 36.7 Å². The van der Waals surface area contributed by atoms with Gasteiger partial charge in [-0.1, -0.05) is 11.6 Å². The number of aromatic nitrogens is 2. The highest BCUT2D eigenvalue weighted by Gasteiger charge is 2.24. The Morgan fingerprint density at radius 2 is 1.95 bits per heavy atom. The Bertz CT molecular complexity index is 711. The maximum atomic E-state index is 12.4. The van der Waals surface area contributed by atoms with Crippen LogP contribution >= 0.6 is 11.6 Å². The van der Waals surface area contributed by atoms with Crippen molar-refractivity contribution in [2.45, 2.75) is 20.3 Å². The van der Waals surface area contributed by atoms with Gasteiger partial charge in [-0.3, -0.25) is 9.78 Å². The first kappa shape index (κ1) is 14.0. The summed E-state index contributed by atoms with van der Waals surface area (Å²) in [4.78, 5) is 22.6. The third-order valence-electron chi connectivity index (χ3n) is 3.76. The lowest BCUT2D eigenvalue weighted by atomic mass is 10.0. The summed E-state index contributed by atoms with van der Waals surface area (Å²) in [6.45, 7) is 5.53. The summed E-state index contributed by atoms with van der Waals surface area (Å²) in [6.07, 6.45) is 4.59. The van der Waals surface area contributed by atoms with E-state index in [0.29, 0.717) is 5.56 Å². The highest BCUT2D eigenvalue weighted by Crippen LogP contribution is 2.27. The van der Waals surface area contributed by atoms with Gasteiger partial charge in [-0.25, -0.2) is 4.98 Å². The lowest BCUT2D eigenvalue weighted by Gasteiger charge is -2.31. The molecule has 3 rings (SSSR count). The molecule has 1 saturated heterocycles. The molecule has 5 heteroatoms. The largest absolute Gasteiger partial charge is 0.338 e. The van der Waals surface area contributed by atoms with Gasteiger partial charge >= 0.3 is 0 Å². The average molecular weight is 302 g/mol. The first-order chi connectivity index (χ1) is 10.1. The van der Waals surface area contributed by atoms with Gasteiger partial charge in [0.05, 0.1) is 5.56 Å². The second-order valence-corrected chi connectivity index (χ2v) is 5.71. The number of carbonyl (C=O) groups is 1. The maximum absolute atomic E-state index is 12.4. The summed E-state index contributed by atoms with van der Waals surface area (Å²) in [7, 11) is 0. The molecule has 108 valence electrons. The fourth-order valence-corrected chi connectivity index (χ4v) is 2.56. The van der Waals surface area contributed by atoms with Crippen LogP contribution in [0.5, 0.6) is 0 Å². The number of likely N-dealkylation sites (tertiary alicyclic amines) is 1. The summed E-state index contributed by atoms with van der Waals surface area (Å²) in [5.74, 6) is -0.0379. The molecule has 21 heavy (non-hydrogen) atoms. The number of halogens is 1. The smallest absolute Gasteiger partial charge is 0.257 e. The van der Waals surface area contributed by atoms with Gasteiger partial charge < -0.3 is 4.90 Å². The zero-order valence-corrected chi connectivity index (χ0v) is 12.8. The van der Waals surface area contributed by atoms with Crippen LogP contribution in [0.25, 0.3) is 11.1 Å². The molecule has 3 heterocycles. The molecule has 1 aliphatic heterocycles. The van der Waals surface area contributed by atoms with Crippen molar-refractivity contribution in [3.63, 3.8) is 0 Å². The monoisotopic (exact) mass is 301 g/mol. The molecule has 0 N–H and O–H groups in total. The van der Waals surface area contributed by atoms with E-state index >= 15 is 0 Å². The number of amides is 1. The van der Waals surface area contributed by atoms with Gasteiger partial charge in [-0.15, -0.1) is 0 Å². The Hall–Kier alpha value is -1.94. The van der Waals surface area contributed by atoms with Crippen LogP contribution in [0.4, 0.5) is 0 Å². The standard InChI is InChI=1S/C16H16ClN3O/c1-10-8-18-11(2)6-13(10)12-7-14(15(17)19-9-12)16(21)20-4-3-5-20/h6-9H,3-5H2,1-2H3. The van der Waals surface area contributed by atoms with Crippen LogP contribution in [-0.4, -0.2) is 33.9 Å². The van der Waals surface area contributed by atoms with Crippen molar-refractivity contribution < 1.29 is 4.79 Å². The van der Waals surface area contributed by atoms with Crippen molar-refractivity contribution in [3.05, 3.63) is 46.5 Å². The zero-order chi connectivity index (χ0) is 15.0. The summed E-state index contributed by atoms with van der Waals surface area (Å²) in [5, 5.41) is 0.263. The van der Waals surface area contributed by atoms with E-state index in [9.17, 15) is 4.79 Å². The van der Waals surface area contributed by atoms with Gasteiger partial charge in [0.2, 0.25) is 0 Å². The Labute approximate surface area is 128 Å². The molecule has 0 saturated carbocycles. The van der Waals surface area contributed by atoms with E-state index in [2.05, 4.69) is 9.97 Å². The van der Waals surface area contributed by atoms with Crippen LogP contribution in [0.2, 0.25) is 5.15 Å². The minimum atomic E-state index is -0.0379. The van der Waals surface area contributed by atoms with E-state index in [1.807, 2.05) is 32.2 Å². The third kappa shape index (κ3) is 2.63. The Balaban J connectivity index is 2.04. The zero-order valence-electron chi connectivity index (χ0n) is 12.1. The van der Waals surface area contributed by atoms with E-state index < -0.39 is 0 Å². The lowest BCUT2D eigenvalue weighted by Crippen LogP contribution is -2.42. The number of carbonyl (C=O) groups excluding carboxylic acids is 1. The van der Waals surface area contributed by atoms with Gasteiger partial charge in [-0.05, 0) is 43.5 Å². The van der Waals surface area contributed by atoms with Crippen molar-refractivity contribution in [2.24, 2.45) is 0 Å². The van der Waals surface area contributed by atoms with E-state index in [1.54, 1.807) is 11.1 Å². The Morgan fingerprint density at radius 3 is 2.62 bits per heavy atom. The van der Waals surface area contributed by atoms with E-state index in [-0.39, 0.29) is 11.1 Å². The predicted octanol–water partition coefficient (Wildman–Crippen LogP) is 3.26. The van der Waals surface area contributed by atoms with Gasteiger partial charge in [0.25, 0.3) is 5.91 Å². The van der Waals surface area contributed by atoms with Crippen LogP contribution in [0.3, 0.4) is 0 Å². The summed E-state index contributed by atoms with van der Waals surface area (Å²) < 4.78 is 0. The lowest BCUT2D eigenvalue weighted by molar-refractivity contribution is 0.0651. The normalized spacial score (nSPS) is 14.0. The molecule has 4 nitrogen and oxygen atoms in total. The molecule has 2 aromatic rings. The molecule has 0 atom stereocenters. The van der Waals surface area contributed by atoms with Gasteiger partial charge in [0.1, 0.15) is 5.15 Å². The highest BCUT2D eigenvalue weighted by molar-refractivity contribution is 6.32. The Morgan fingerprint density at radius 1 is 1.19 bits per heavy atom. The topological polar surface area (TPSA) is 46.1 Å². The second-order valence-electron chi connectivity index (χ2n) is 5.35. The minimum absolute atomic E-state index is 0.0379. The fraction of sp³-hybridized carbons (Fsp3) is 0.312. The van der Waals surface area contributed by atoms with Crippen molar-refractivity contribution in [2.75, 3.05) is 13.1 Å². The SMILES string of the molecule is Cc1cc(-c2cnc(Cl)c(C(=O)N3CCC3)c2)c(C)cn1. The second kappa shape index (κ2) is 5.45. The molecule has 0 spiro atoms. The molecule has 0 aromatic carbocycles. The number of pyridine rings is 2. The quantitative estimate of drug-likeness (QED) is 0.800. The van der Waals surface area contributed by atoms with Crippen molar-refractivity contribution in [1.29, 1.82) is 0 Å². The van der Waals surface area contributed by atoms with Crippen molar-refractivity contribution >= 4 is 17.5 Å².